The third kappa shape index (κ3) is 6.51. The molecule has 2 fully saturated rings. The number of halogens is 4. The summed E-state index contributed by atoms with van der Waals surface area (Å²) in [4.78, 5) is 40.8. The number of nitrogens with one attached hydrogen (secondary N) is 1. The number of ether oxygens (including phenoxy) is 1. The van der Waals surface area contributed by atoms with Crippen LogP contribution in [0.25, 0.3) is 16.6 Å². The van der Waals surface area contributed by atoms with E-state index in [0.717, 1.165) is 44.1 Å². The molecule has 1 amide bonds. The van der Waals surface area contributed by atoms with Crippen LogP contribution in [0.1, 0.15) is 39.3 Å². The van der Waals surface area contributed by atoms with Crippen LogP contribution in [0, 0.1) is 5.82 Å². The zero-order chi connectivity index (χ0) is 32.0. The number of aromatic hydroxyl groups is 1. The van der Waals surface area contributed by atoms with E-state index in [9.17, 15) is 32.3 Å². The van der Waals surface area contributed by atoms with E-state index in [2.05, 4.69) is 20.2 Å². The van der Waals surface area contributed by atoms with E-state index in [0.29, 0.717) is 6.07 Å². The van der Waals surface area contributed by atoms with Crippen molar-refractivity contribution in [1.82, 2.24) is 24.3 Å². The second kappa shape index (κ2) is 11.7. The first-order valence-corrected chi connectivity index (χ1v) is 14.3. The van der Waals surface area contributed by atoms with Gasteiger partial charge in [0.25, 0.3) is 5.56 Å². The van der Waals surface area contributed by atoms with Crippen LogP contribution in [-0.4, -0.2) is 93.5 Å². The van der Waals surface area contributed by atoms with E-state index in [1.165, 1.54) is 4.90 Å². The first-order chi connectivity index (χ1) is 20.6. The van der Waals surface area contributed by atoms with Gasteiger partial charge in [0.15, 0.2) is 5.82 Å². The number of fused-ring (bicyclic) bond motifs is 1. The number of anilines is 2. The summed E-state index contributed by atoms with van der Waals surface area (Å²) < 4.78 is 63.9. The van der Waals surface area contributed by atoms with Gasteiger partial charge in [0.05, 0.1) is 5.39 Å². The van der Waals surface area contributed by atoms with Crippen LogP contribution in [-0.2, 0) is 10.9 Å². The first kappa shape index (κ1) is 31.3. The van der Waals surface area contributed by atoms with Crippen molar-refractivity contribution >= 4 is 28.8 Å². The minimum absolute atomic E-state index is 0.0396. The van der Waals surface area contributed by atoms with Gasteiger partial charge in [-0.15, -0.1) is 0 Å². The minimum Gasteiger partial charge on any atom is -0.506 e. The average Bonchev–Trinajstić information content (AvgIpc) is 2.93. The maximum atomic E-state index is 14.9. The number of nitrogens with zero attached hydrogens (tertiary/aromatic N) is 6. The lowest BCUT2D eigenvalue weighted by Gasteiger charge is -2.36. The highest BCUT2D eigenvalue weighted by Gasteiger charge is 2.38. The first-order valence-electron chi connectivity index (χ1n) is 14.3. The van der Waals surface area contributed by atoms with E-state index in [1.807, 2.05) is 7.05 Å². The Kier molecular flexibility index (Phi) is 8.35. The van der Waals surface area contributed by atoms with Crippen molar-refractivity contribution in [3.8, 4) is 11.4 Å². The van der Waals surface area contributed by atoms with Gasteiger partial charge in [-0.25, -0.2) is 14.2 Å². The quantitative estimate of drug-likeness (QED) is 0.414. The van der Waals surface area contributed by atoms with Crippen LogP contribution in [0.15, 0.2) is 29.1 Å². The normalized spacial score (nSPS) is 17.3. The standard InChI is InChI=1S/C29H35F4N7O4/c1-28(2,3)44-27(43)39-14-12-38(13-15-39)24-18-16-21(29(31,32)33)40(23-19(30)6-5-7-20(23)41)25(42)22(18)35-26(36-24)34-17-8-10-37(4)11-9-17/h5-7,16-17,41H,8-15H2,1-4H3,(H,34,35,36). The summed E-state index contributed by atoms with van der Waals surface area (Å²) in [7, 11) is 2.00. The third-order valence-corrected chi connectivity index (χ3v) is 7.62. The summed E-state index contributed by atoms with van der Waals surface area (Å²) in [6, 6.07) is 3.63. The summed E-state index contributed by atoms with van der Waals surface area (Å²) in [6.45, 7) is 7.64. The number of carbonyl (C=O) groups is 1. The minimum atomic E-state index is -5.11. The molecule has 2 aliphatic heterocycles. The second-order valence-corrected chi connectivity index (χ2v) is 12.1. The maximum absolute atomic E-state index is 14.9. The fraction of sp³-hybridized carbons (Fsp3) is 0.517. The SMILES string of the molecule is CN1CCC(Nc2nc(N3CCN(C(=O)OC(C)(C)C)CC3)c3cc(C(F)(F)F)n(-c4c(O)cccc4F)c(=O)c3n2)CC1. The Morgan fingerprint density at radius 2 is 1.70 bits per heavy atom. The molecule has 15 heteroatoms. The van der Waals surface area contributed by atoms with Gasteiger partial charge in [0.1, 0.15) is 34.1 Å². The number of aromatic nitrogens is 3. The number of rotatable bonds is 4. The van der Waals surface area contributed by atoms with Gasteiger partial charge in [0.2, 0.25) is 5.95 Å². The van der Waals surface area contributed by atoms with Crippen LogP contribution in [0.2, 0.25) is 0 Å². The average molecular weight is 622 g/mol. The number of phenols is 1. The number of piperazine rings is 1. The van der Waals surface area contributed by atoms with Crippen molar-refractivity contribution in [3.05, 3.63) is 46.1 Å². The molecule has 2 aliphatic rings. The summed E-state index contributed by atoms with van der Waals surface area (Å²) in [6.07, 6.45) is -4.12. The molecule has 0 radical (unpaired) electrons. The lowest BCUT2D eigenvalue weighted by atomic mass is 10.1. The summed E-state index contributed by atoms with van der Waals surface area (Å²) in [5.74, 6) is -1.94. The molecule has 3 aromatic rings. The monoisotopic (exact) mass is 621 g/mol. The molecule has 0 unspecified atom stereocenters. The summed E-state index contributed by atoms with van der Waals surface area (Å²) in [5, 5.41) is 13.4. The number of likely N-dealkylation sites (tertiary alicyclic amines) is 1. The number of pyridine rings is 1. The van der Waals surface area contributed by atoms with Gasteiger partial charge < -0.3 is 29.9 Å². The Balaban J connectivity index is 1.64. The predicted molar refractivity (Wildman–Crippen MR) is 156 cm³/mol. The van der Waals surface area contributed by atoms with Gasteiger partial charge in [-0.1, -0.05) is 6.07 Å². The largest absolute Gasteiger partial charge is 0.506 e. The Bertz CT molecular complexity index is 1590. The Labute approximate surface area is 251 Å². The predicted octanol–water partition coefficient (Wildman–Crippen LogP) is 4.21. The molecule has 2 N–H and O–H groups in total. The van der Waals surface area contributed by atoms with E-state index >= 15 is 0 Å². The van der Waals surface area contributed by atoms with Crippen LogP contribution < -0.4 is 15.8 Å². The van der Waals surface area contributed by atoms with Crippen molar-refractivity contribution in [1.29, 1.82) is 0 Å². The zero-order valence-electron chi connectivity index (χ0n) is 24.9. The van der Waals surface area contributed by atoms with Gasteiger partial charge in [0, 0.05) is 32.2 Å². The Hall–Kier alpha value is -4.14. The van der Waals surface area contributed by atoms with E-state index in [1.54, 1.807) is 25.7 Å². The number of phenolic OH excluding ortho intramolecular Hbond substituents is 1. The summed E-state index contributed by atoms with van der Waals surface area (Å²) in [5.41, 5.74) is -4.77. The second-order valence-electron chi connectivity index (χ2n) is 12.1. The van der Waals surface area contributed by atoms with Crippen molar-refractivity contribution in [2.75, 3.05) is 56.5 Å². The van der Waals surface area contributed by atoms with Crippen LogP contribution in [0.3, 0.4) is 0 Å². The lowest BCUT2D eigenvalue weighted by molar-refractivity contribution is -0.142. The molecule has 4 heterocycles. The molecular formula is C29H35F4N7O4. The molecule has 2 aromatic heterocycles. The highest BCUT2D eigenvalue weighted by atomic mass is 19.4. The molecule has 238 valence electrons. The van der Waals surface area contributed by atoms with Gasteiger partial charge in [-0.3, -0.25) is 9.36 Å². The molecule has 2 saturated heterocycles. The summed E-state index contributed by atoms with van der Waals surface area (Å²) >= 11 is 0. The van der Waals surface area contributed by atoms with E-state index in [4.69, 9.17) is 4.74 Å². The molecule has 0 atom stereocenters. The van der Waals surface area contributed by atoms with Gasteiger partial charge >= 0.3 is 12.3 Å². The van der Waals surface area contributed by atoms with Gasteiger partial charge in [-0.05, 0) is 71.9 Å². The van der Waals surface area contributed by atoms with Crippen LogP contribution in [0.5, 0.6) is 5.75 Å². The zero-order valence-corrected chi connectivity index (χ0v) is 24.9. The number of piperidine rings is 1. The Morgan fingerprint density at radius 1 is 1.05 bits per heavy atom. The lowest BCUT2D eigenvalue weighted by Crippen LogP contribution is -2.50. The molecule has 0 aliphatic carbocycles. The molecule has 5 rings (SSSR count). The molecule has 0 saturated carbocycles. The van der Waals surface area contributed by atoms with Crippen LogP contribution in [0.4, 0.5) is 34.1 Å². The van der Waals surface area contributed by atoms with Gasteiger partial charge in [-0.2, -0.15) is 18.2 Å². The van der Waals surface area contributed by atoms with E-state index < -0.39 is 46.4 Å². The third-order valence-electron chi connectivity index (χ3n) is 7.62. The molecule has 0 spiro atoms. The number of para-hydroxylation sites is 1. The van der Waals surface area contributed by atoms with Crippen molar-refractivity contribution in [2.24, 2.45) is 0 Å². The molecular weight excluding hydrogens is 586 g/mol. The van der Waals surface area contributed by atoms with Crippen molar-refractivity contribution < 1.29 is 32.2 Å². The molecule has 11 nitrogen and oxygen atoms in total. The molecule has 1 aromatic carbocycles. The smallest absolute Gasteiger partial charge is 0.431 e. The molecule has 0 bridgehead atoms. The Morgan fingerprint density at radius 3 is 2.30 bits per heavy atom. The number of benzene rings is 1. The molecule has 44 heavy (non-hydrogen) atoms. The topological polar surface area (TPSA) is 116 Å². The fourth-order valence-corrected chi connectivity index (χ4v) is 5.39. The van der Waals surface area contributed by atoms with Crippen LogP contribution >= 0.6 is 0 Å². The van der Waals surface area contributed by atoms with Crippen molar-refractivity contribution in [2.45, 2.75) is 51.4 Å². The van der Waals surface area contributed by atoms with Crippen molar-refractivity contribution in [3.63, 3.8) is 0 Å². The number of hydrogen-bond acceptors (Lipinski definition) is 9. The number of amides is 1. The number of carbonyl (C=O) groups excluding carboxylic acids is 1. The fourth-order valence-electron chi connectivity index (χ4n) is 5.39. The highest BCUT2D eigenvalue weighted by Crippen LogP contribution is 2.37. The number of hydrogen-bond donors (Lipinski definition) is 2. The number of alkyl halides is 3. The van der Waals surface area contributed by atoms with E-state index in [-0.39, 0.29) is 59.5 Å². The maximum Gasteiger partial charge on any atom is 0.431 e. The highest BCUT2D eigenvalue weighted by molar-refractivity contribution is 5.91.